The van der Waals surface area contributed by atoms with Crippen LogP contribution in [0.4, 0.5) is 0 Å². The lowest BCUT2D eigenvalue weighted by molar-refractivity contribution is -0.139. The quantitative estimate of drug-likeness (QED) is 0.279. The van der Waals surface area contributed by atoms with Crippen LogP contribution in [0.25, 0.3) is 0 Å². The van der Waals surface area contributed by atoms with Crippen LogP contribution in [0.15, 0.2) is 0 Å². The number of unbranched alkanes of at least 4 members (excludes halogenated alkanes) is 1. The van der Waals surface area contributed by atoms with Gasteiger partial charge in [-0.1, -0.05) is 0 Å². The van der Waals surface area contributed by atoms with E-state index < -0.39 is 11.9 Å². The third-order valence-corrected chi connectivity index (χ3v) is 1.03. The van der Waals surface area contributed by atoms with Crippen LogP contribution in [-0.2, 0) is 9.59 Å². The summed E-state index contributed by atoms with van der Waals surface area (Å²) in [6, 6.07) is 0. The molecular formula is C8H14N4O4. The zero-order valence-corrected chi connectivity index (χ0v) is 8.59. The highest BCUT2D eigenvalue weighted by Crippen LogP contribution is 1.98. The van der Waals surface area contributed by atoms with E-state index in [1.807, 2.05) is 0 Å². The monoisotopic (exact) mass is 230 g/mol. The molecule has 0 radical (unpaired) electrons. The maximum atomic E-state index is 9.90. The number of carboxylic acid groups (broad SMARTS) is 2. The molecular weight excluding hydrogens is 216 g/mol. The number of nitrogens with two attached hydrogens (primary N) is 2. The Bertz CT molecular complexity index is 238. The van der Waals surface area contributed by atoms with E-state index >= 15 is 0 Å². The van der Waals surface area contributed by atoms with Gasteiger partial charge in [-0.05, 0) is 12.8 Å². The van der Waals surface area contributed by atoms with E-state index in [9.17, 15) is 9.59 Å². The van der Waals surface area contributed by atoms with Gasteiger partial charge in [0.25, 0.3) is 0 Å². The molecule has 0 spiro atoms. The van der Waals surface area contributed by atoms with E-state index in [0.717, 1.165) is 0 Å². The van der Waals surface area contributed by atoms with Crippen LogP contribution in [0.5, 0.6) is 0 Å². The minimum Gasteiger partial charge on any atom is -0.481 e. The molecule has 90 valence electrons. The van der Waals surface area contributed by atoms with Crippen molar-refractivity contribution >= 4 is 11.9 Å². The Hall–Kier alpha value is -2.48. The van der Waals surface area contributed by atoms with Gasteiger partial charge in [0.1, 0.15) is 0 Å². The van der Waals surface area contributed by atoms with Crippen molar-refractivity contribution in [3.05, 3.63) is 0 Å². The van der Waals surface area contributed by atoms with Gasteiger partial charge in [-0.25, -0.2) is 0 Å². The SMILES string of the molecule is N#CN.N#CN.O=C(O)CCCCC(=O)O. The molecule has 8 nitrogen and oxygen atoms in total. The summed E-state index contributed by atoms with van der Waals surface area (Å²) in [6.07, 6.45) is 3.52. The molecule has 0 aliphatic rings. The standard InChI is InChI=1S/C6H10O4.2CH2N2/c7-5(8)3-1-2-4-6(9)10;2*2-1-3/h1-4H2,(H,7,8)(H,9,10);2*2H2. The highest BCUT2D eigenvalue weighted by atomic mass is 16.4. The molecule has 0 atom stereocenters. The fourth-order valence-corrected chi connectivity index (χ4v) is 0.552. The molecule has 0 heterocycles. The lowest BCUT2D eigenvalue weighted by atomic mass is 10.2. The number of hydrogen-bond donors (Lipinski definition) is 4. The van der Waals surface area contributed by atoms with Gasteiger partial charge in [0.05, 0.1) is 0 Å². The van der Waals surface area contributed by atoms with Crippen molar-refractivity contribution in [1.29, 1.82) is 10.5 Å². The number of nitriles is 2. The minimum atomic E-state index is -0.870. The third kappa shape index (κ3) is 62.4. The average molecular weight is 230 g/mol. The highest BCUT2D eigenvalue weighted by Gasteiger charge is 1.99. The Morgan fingerprint density at radius 1 is 0.938 bits per heavy atom. The molecule has 6 N–H and O–H groups in total. The summed E-state index contributed by atoms with van der Waals surface area (Å²) in [5, 5.41) is 30.5. The molecule has 0 aromatic heterocycles. The smallest absolute Gasteiger partial charge is 0.303 e. The Morgan fingerprint density at radius 2 is 1.12 bits per heavy atom. The fourth-order valence-electron chi connectivity index (χ4n) is 0.552. The van der Waals surface area contributed by atoms with Crippen LogP contribution in [0.1, 0.15) is 25.7 Å². The van der Waals surface area contributed by atoms with E-state index in [4.69, 9.17) is 20.7 Å². The van der Waals surface area contributed by atoms with E-state index in [1.54, 1.807) is 0 Å². The second kappa shape index (κ2) is 18.3. The van der Waals surface area contributed by atoms with Crippen molar-refractivity contribution in [2.45, 2.75) is 25.7 Å². The molecule has 0 amide bonds. The molecule has 0 aliphatic carbocycles. The van der Waals surface area contributed by atoms with Crippen molar-refractivity contribution in [1.82, 2.24) is 0 Å². The summed E-state index contributed by atoms with van der Waals surface area (Å²) in [7, 11) is 0. The number of nitrogens with zero attached hydrogens (tertiary/aromatic N) is 2. The number of rotatable bonds is 5. The van der Waals surface area contributed by atoms with E-state index in [0.29, 0.717) is 12.8 Å². The van der Waals surface area contributed by atoms with Gasteiger partial charge in [0.15, 0.2) is 12.4 Å². The molecule has 0 bridgehead atoms. The van der Waals surface area contributed by atoms with Crippen molar-refractivity contribution < 1.29 is 19.8 Å². The third-order valence-electron chi connectivity index (χ3n) is 1.03. The van der Waals surface area contributed by atoms with Gasteiger partial charge < -0.3 is 21.7 Å². The molecule has 0 rings (SSSR count). The summed E-state index contributed by atoms with van der Waals surface area (Å²) < 4.78 is 0. The number of carbonyl (C=O) groups is 2. The van der Waals surface area contributed by atoms with Gasteiger partial charge in [-0.15, -0.1) is 0 Å². The topological polar surface area (TPSA) is 174 Å². The molecule has 0 unspecified atom stereocenters. The average Bonchev–Trinajstić information content (AvgIpc) is 2.14. The molecule has 8 heteroatoms. The Balaban J connectivity index is -0.000000235. The molecule has 0 saturated heterocycles. The van der Waals surface area contributed by atoms with Crippen molar-refractivity contribution in [3.63, 3.8) is 0 Å². The van der Waals surface area contributed by atoms with Crippen molar-refractivity contribution in [2.24, 2.45) is 11.5 Å². The Morgan fingerprint density at radius 3 is 1.25 bits per heavy atom. The van der Waals surface area contributed by atoms with E-state index in [-0.39, 0.29) is 12.8 Å². The van der Waals surface area contributed by atoms with Crippen LogP contribution in [0.2, 0.25) is 0 Å². The normalized spacial score (nSPS) is 6.62. The van der Waals surface area contributed by atoms with E-state index in [2.05, 4.69) is 11.5 Å². The predicted molar refractivity (Wildman–Crippen MR) is 53.3 cm³/mol. The Labute approximate surface area is 92.7 Å². The van der Waals surface area contributed by atoms with Crippen molar-refractivity contribution in [3.8, 4) is 12.4 Å². The Kier molecular flexibility index (Phi) is 21.9. The largest absolute Gasteiger partial charge is 0.481 e. The number of aliphatic carboxylic acids is 2. The maximum Gasteiger partial charge on any atom is 0.303 e. The van der Waals surface area contributed by atoms with Gasteiger partial charge in [-0.3, -0.25) is 9.59 Å². The highest BCUT2D eigenvalue weighted by molar-refractivity contribution is 5.67. The lowest BCUT2D eigenvalue weighted by Crippen LogP contribution is -1.97. The summed E-state index contributed by atoms with van der Waals surface area (Å²) in [6.45, 7) is 0. The zero-order valence-electron chi connectivity index (χ0n) is 8.59. The van der Waals surface area contributed by atoms with Crippen LogP contribution in [-0.4, -0.2) is 22.2 Å². The van der Waals surface area contributed by atoms with E-state index in [1.165, 1.54) is 12.4 Å². The van der Waals surface area contributed by atoms with Crippen LogP contribution in [0.3, 0.4) is 0 Å². The molecule has 0 aromatic carbocycles. The second-order valence-electron chi connectivity index (χ2n) is 2.25. The fraction of sp³-hybridized carbons (Fsp3) is 0.500. The summed E-state index contributed by atoms with van der Waals surface area (Å²) in [5.74, 6) is -1.74. The first-order valence-electron chi connectivity index (χ1n) is 4.09. The van der Waals surface area contributed by atoms with Gasteiger partial charge >= 0.3 is 11.9 Å². The van der Waals surface area contributed by atoms with Crippen molar-refractivity contribution in [2.75, 3.05) is 0 Å². The minimum absolute atomic E-state index is 0.0628. The first-order chi connectivity index (χ1) is 7.45. The van der Waals surface area contributed by atoms with Gasteiger partial charge in [0.2, 0.25) is 0 Å². The summed E-state index contributed by atoms with van der Waals surface area (Å²) in [5.41, 5.74) is 8.31. The second-order valence-corrected chi connectivity index (χ2v) is 2.25. The van der Waals surface area contributed by atoms with Gasteiger partial charge in [-0.2, -0.15) is 10.5 Å². The van der Waals surface area contributed by atoms with Gasteiger partial charge in [0, 0.05) is 12.8 Å². The number of carboxylic acids is 2. The number of hydrogen-bond acceptors (Lipinski definition) is 6. The van der Waals surface area contributed by atoms with Crippen LogP contribution < -0.4 is 11.5 Å². The molecule has 16 heavy (non-hydrogen) atoms. The van der Waals surface area contributed by atoms with Crippen LogP contribution >= 0.6 is 0 Å². The molecule has 0 aliphatic heterocycles. The summed E-state index contributed by atoms with van der Waals surface area (Å²) >= 11 is 0. The maximum absolute atomic E-state index is 9.90. The van der Waals surface area contributed by atoms with Crippen LogP contribution in [0, 0.1) is 22.9 Å². The molecule has 0 fully saturated rings. The predicted octanol–water partition coefficient (Wildman–Crippen LogP) is -0.432. The molecule has 0 aromatic rings. The summed E-state index contributed by atoms with van der Waals surface area (Å²) in [4.78, 5) is 19.8. The first-order valence-corrected chi connectivity index (χ1v) is 4.09. The zero-order chi connectivity index (χ0) is 13.4. The lowest BCUT2D eigenvalue weighted by Gasteiger charge is -1.92. The molecule has 0 saturated carbocycles. The first kappa shape index (κ1) is 19.1.